The molecule has 1 nitrogen and oxygen atoms in total. The van der Waals surface area contributed by atoms with Crippen LogP contribution in [0.4, 0.5) is 0 Å². The molecule has 2 atom stereocenters. The predicted octanol–water partition coefficient (Wildman–Crippen LogP) is 3.54. The summed E-state index contributed by atoms with van der Waals surface area (Å²) in [5, 5.41) is 0.642. The highest BCUT2D eigenvalue weighted by Crippen LogP contribution is 2.35. The molecule has 0 spiro atoms. The maximum atomic E-state index is 6.22. The van der Waals surface area contributed by atoms with Crippen LogP contribution in [-0.2, 0) is 12.8 Å². The number of thioether (sulfide) groups is 1. The van der Waals surface area contributed by atoms with E-state index in [9.17, 15) is 0 Å². The lowest BCUT2D eigenvalue weighted by Crippen LogP contribution is -2.35. The summed E-state index contributed by atoms with van der Waals surface area (Å²) < 4.78 is 0. The highest BCUT2D eigenvalue weighted by molar-refractivity contribution is 8.00. The first-order chi connectivity index (χ1) is 8.33. The fourth-order valence-electron chi connectivity index (χ4n) is 3.07. The number of aryl methyl sites for hydroxylation is 2. The van der Waals surface area contributed by atoms with Crippen LogP contribution in [0.15, 0.2) is 23.1 Å². The largest absolute Gasteiger partial charge is 0.327 e. The second-order valence-corrected chi connectivity index (χ2v) is 6.70. The van der Waals surface area contributed by atoms with Crippen LogP contribution in [0.5, 0.6) is 0 Å². The topological polar surface area (TPSA) is 26.0 Å². The molecule has 0 bridgehead atoms. The van der Waals surface area contributed by atoms with Crippen LogP contribution in [-0.4, -0.2) is 11.3 Å². The molecule has 1 fully saturated rings. The molecule has 2 unspecified atom stereocenters. The number of hydrogen-bond acceptors (Lipinski definition) is 2. The van der Waals surface area contributed by atoms with Gasteiger partial charge in [0, 0.05) is 16.2 Å². The summed E-state index contributed by atoms with van der Waals surface area (Å²) in [5.41, 5.74) is 9.37. The first-order valence-corrected chi connectivity index (χ1v) is 7.75. The van der Waals surface area contributed by atoms with E-state index in [4.69, 9.17) is 5.73 Å². The van der Waals surface area contributed by atoms with E-state index in [1.165, 1.54) is 49.8 Å². The molecule has 1 aromatic carbocycles. The molecule has 0 heterocycles. The van der Waals surface area contributed by atoms with Gasteiger partial charge in [-0.2, -0.15) is 0 Å². The molecule has 2 N–H and O–H groups in total. The van der Waals surface area contributed by atoms with Gasteiger partial charge < -0.3 is 5.73 Å². The van der Waals surface area contributed by atoms with Crippen molar-refractivity contribution in [2.75, 3.05) is 0 Å². The summed E-state index contributed by atoms with van der Waals surface area (Å²) in [7, 11) is 0. The van der Waals surface area contributed by atoms with Gasteiger partial charge >= 0.3 is 0 Å². The second kappa shape index (κ2) is 5.03. The van der Waals surface area contributed by atoms with Crippen molar-refractivity contribution in [1.82, 2.24) is 0 Å². The van der Waals surface area contributed by atoms with Crippen LogP contribution in [0.3, 0.4) is 0 Å². The monoisotopic (exact) mass is 247 g/mol. The molecule has 1 saturated carbocycles. The standard InChI is InChI=1S/C15H21NS/c16-14-6-1-2-7-15(14)17-13-9-8-11-4-3-5-12(11)10-13/h8-10,14-15H,1-7,16H2. The first kappa shape index (κ1) is 11.6. The van der Waals surface area contributed by atoms with Gasteiger partial charge in [0.2, 0.25) is 0 Å². The number of benzene rings is 1. The molecular weight excluding hydrogens is 226 g/mol. The van der Waals surface area contributed by atoms with Crippen molar-refractivity contribution in [2.45, 2.75) is 61.1 Å². The Morgan fingerprint density at radius 1 is 1.00 bits per heavy atom. The number of rotatable bonds is 2. The van der Waals surface area contributed by atoms with Gasteiger partial charge in [-0.15, -0.1) is 11.8 Å². The molecule has 0 aromatic heterocycles. The normalized spacial score (nSPS) is 28.1. The highest BCUT2D eigenvalue weighted by Gasteiger charge is 2.23. The Morgan fingerprint density at radius 3 is 2.71 bits per heavy atom. The van der Waals surface area contributed by atoms with Crippen molar-refractivity contribution in [3.05, 3.63) is 29.3 Å². The molecule has 2 aliphatic carbocycles. The van der Waals surface area contributed by atoms with E-state index < -0.39 is 0 Å². The van der Waals surface area contributed by atoms with E-state index in [0.717, 1.165) is 0 Å². The minimum atomic E-state index is 0.405. The lowest BCUT2D eigenvalue weighted by Gasteiger charge is -2.28. The molecule has 2 aliphatic rings. The van der Waals surface area contributed by atoms with Crippen molar-refractivity contribution in [3.63, 3.8) is 0 Å². The summed E-state index contributed by atoms with van der Waals surface area (Å²) in [6.07, 6.45) is 9.08. The lowest BCUT2D eigenvalue weighted by atomic mass is 9.96. The molecule has 92 valence electrons. The van der Waals surface area contributed by atoms with Crippen LogP contribution in [0.2, 0.25) is 0 Å². The van der Waals surface area contributed by atoms with Gasteiger partial charge in [0.05, 0.1) is 0 Å². The van der Waals surface area contributed by atoms with Gasteiger partial charge in [0.25, 0.3) is 0 Å². The number of fused-ring (bicyclic) bond motifs is 1. The summed E-state index contributed by atoms with van der Waals surface area (Å²) in [6.45, 7) is 0. The Balaban J connectivity index is 1.72. The smallest absolute Gasteiger partial charge is 0.0246 e. The third-order valence-corrected chi connectivity index (χ3v) is 5.53. The quantitative estimate of drug-likeness (QED) is 0.865. The molecule has 3 rings (SSSR count). The highest BCUT2D eigenvalue weighted by atomic mass is 32.2. The van der Waals surface area contributed by atoms with E-state index in [-0.39, 0.29) is 0 Å². The van der Waals surface area contributed by atoms with Crippen molar-refractivity contribution in [3.8, 4) is 0 Å². The Labute approximate surface area is 108 Å². The number of nitrogens with two attached hydrogens (primary N) is 1. The van der Waals surface area contributed by atoms with Crippen LogP contribution < -0.4 is 5.73 Å². The molecule has 0 amide bonds. The molecule has 1 aromatic rings. The average Bonchev–Trinajstić information content (AvgIpc) is 2.79. The molecule has 0 saturated heterocycles. The maximum absolute atomic E-state index is 6.22. The van der Waals surface area contributed by atoms with E-state index in [1.807, 2.05) is 11.8 Å². The van der Waals surface area contributed by atoms with E-state index in [1.54, 1.807) is 11.1 Å². The Hall–Kier alpha value is -0.470. The zero-order valence-corrected chi connectivity index (χ0v) is 11.1. The lowest BCUT2D eigenvalue weighted by molar-refractivity contribution is 0.453. The Morgan fingerprint density at radius 2 is 1.82 bits per heavy atom. The van der Waals surface area contributed by atoms with E-state index in [2.05, 4.69) is 18.2 Å². The fourth-order valence-corrected chi connectivity index (χ4v) is 4.37. The van der Waals surface area contributed by atoms with Gasteiger partial charge in [0.15, 0.2) is 0 Å². The molecular formula is C15H21NS. The van der Waals surface area contributed by atoms with Crippen LogP contribution in [0, 0.1) is 0 Å². The minimum Gasteiger partial charge on any atom is -0.327 e. The maximum Gasteiger partial charge on any atom is 0.0246 e. The minimum absolute atomic E-state index is 0.405. The number of hydrogen-bond donors (Lipinski definition) is 1. The molecule has 17 heavy (non-hydrogen) atoms. The van der Waals surface area contributed by atoms with Crippen LogP contribution in [0.1, 0.15) is 43.2 Å². The summed E-state index contributed by atoms with van der Waals surface area (Å²) in [6, 6.07) is 7.45. The molecule has 0 aliphatic heterocycles. The zero-order chi connectivity index (χ0) is 11.7. The summed E-state index contributed by atoms with van der Waals surface area (Å²) in [4.78, 5) is 1.44. The van der Waals surface area contributed by atoms with Crippen LogP contribution >= 0.6 is 11.8 Å². The Bertz CT molecular complexity index is 402. The summed E-state index contributed by atoms with van der Waals surface area (Å²) in [5.74, 6) is 0. The van der Waals surface area contributed by atoms with Gasteiger partial charge in [-0.3, -0.25) is 0 Å². The predicted molar refractivity (Wildman–Crippen MR) is 74.6 cm³/mol. The average molecular weight is 247 g/mol. The van der Waals surface area contributed by atoms with Gasteiger partial charge in [-0.25, -0.2) is 0 Å². The van der Waals surface area contributed by atoms with Crippen molar-refractivity contribution >= 4 is 11.8 Å². The van der Waals surface area contributed by atoms with Gasteiger partial charge in [-0.05, 0) is 55.4 Å². The van der Waals surface area contributed by atoms with Gasteiger partial charge in [0.1, 0.15) is 0 Å². The molecule has 0 radical (unpaired) electrons. The van der Waals surface area contributed by atoms with Crippen molar-refractivity contribution in [1.29, 1.82) is 0 Å². The third-order valence-electron chi connectivity index (χ3n) is 4.11. The SMILES string of the molecule is NC1CCCCC1Sc1ccc2c(c1)CCC2. The van der Waals surface area contributed by atoms with E-state index >= 15 is 0 Å². The molecule has 2 heteroatoms. The van der Waals surface area contributed by atoms with E-state index in [0.29, 0.717) is 11.3 Å². The first-order valence-electron chi connectivity index (χ1n) is 6.87. The zero-order valence-electron chi connectivity index (χ0n) is 10.3. The van der Waals surface area contributed by atoms with Crippen molar-refractivity contribution in [2.24, 2.45) is 5.73 Å². The van der Waals surface area contributed by atoms with Crippen LogP contribution in [0.25, 0.3) is 0 Å². The van der Waals surface area contributed by atoms with Crippen molar-refractivity contribution < 1.29 is 0 Å². The summed E-state index contributed by atoms with van der Waals surface area (Å²) >= 11 is 2.01. The second-order valence-electron chi connectivity index (χ2n) is 5.39. The Kier molecular flexibility index (Phi) is 3.44. The third kappa shape index (κ3) is 2.53. The fraction of sp³-hybridized carbons (Fsp3) is 0.600. The van der Waals surface area contributed by atoms with Gasteiger partial charge in [-0.1, -0.05) is 18.9 Å².